The fraction of sp³-hybridized carbons (Fsp3) is 0.0172. The molecule has 8 aromatic carbocycles. The highest BCUT2D eigenvalue weighted by Crippen LogP contribution is 2.36. The van der Waals surface area contributed by atoms with Crippen molar-refractivity contribution in [1.29, 1.82) is 5.26 Å². The molecule has 0 unspecified atom stereocenters. The van der Waals surface area contributed by atoms with Crippen LogP contribution in [0.15, 0.2) is 206 Å². The lowest BCUT2D eigenvalue weighted by atomic mass is 10.1. The third-order valence-electron chi connectivity index (χ3n) is 13.2. The molecule has 7 heteroatoms. The lowest BCUT2D eigenvalue weighted by molar-refractivity contribution is 0.893. The van der Waals surface area contributed by atoms with E-state index in [9.17, 15) is 5.26 Å². The molecular weight excluding hydrogens is 809 g/mol. The van der Waals surface area contributed by atoms with Crippen LogP contribution >= 0.6 is 0 Å². The number of nitriles is 1. The average molecular weight is 849 g/mol. The van der Waals surface area contributed by atoms with E-state index in [1.807, 2.05) is 31.2 Å². The molecule has 0 aliphatic heterocycles. The van der Waals surface area contributed by atoms with Gasteiger partial charge >= 0.3 is 0 Å². The molecule has 306 valence electrons. The van der Waals surface area contributed by atoms with Crippen LogP contribution in [0.25, 0.3) is 84.8 Å². The SMILES string of the molecule is C=c1/c(=C\C)n(-c2nc(-n3c4ccccc4c4cc([Si](c5ccccc5)(c5ccccc5)c5ccccc5)ccc43)nc(-n3c4ccccc4c4ccccc43)c2C#N)c2ccccc12. The van der Waals surface area contributed by atoms with E-state index >= 15 is 0 Å². The highest BCUT2D eigenvalue weighted by Gasteiger charge is 2.41. The third kappa shape index (κ3) is 5.58. The lowest BCUT2D eigenvalue weighted by Crippen LogP contribution is -2.74. The van der Waals surface area contributed by atoms with Crippen LogP contribution in [0.2, 0.25) is 0 Å². The summed E-state index contributed by atoms with van der Waals surface area (Å²) in [6, 6.07) is 76.1. The van der Waals surface area contributed by atoms with Crippen LogP contribution in [0.3, 0.4) is 0 Å². The Morgan fingerprint density at radius 1 is 0.446 bits per heavy atom. The van der Waals surface area contributed by atoms with Gasteiger partial charge in [-0.2, -0.15) is 15.2 Å². The van der Waals surface area contributed by atoms with Gasteiger partial charge in [-0.1, -0.05) is 189 Å². The summed E-state index contributed by atoms with van der Waals surface area (Å²) in [5, 5.41) is 23.7. The monoisotopic (exact) mass is 848 g/mol. The Hall–Kier alpha value is -8.57. The minimum Gasteiger partial charge on any atom is -0.293 e. The summed E-state index contributed by atoms with van der Waals surface area (Å²) in [5.41, 5.74) is 5.11. The summed E-state index contributed by atoms with van der Waals surface area (Å²) in [5.74, 6) is 1.44. The van der Waals surface area contributed by atoms with E-state index in [0.29, 0.717) is 23.1 Å². The number of aromatic nitrogens is 5. The zero-order valence-corrected chi connectivity index (χ0v) is 36.6. The summed E-state index contributed by atoms with van der Waals surface area (Å²) in [7, 11) is -2.86. The van der Waals surface area contributed by atoms with Crippen molar-refractivity contribution in [3.05, 3.63) is 222 Å². The van der Waals surface area contributed by atoms with Gasteiger partial charge in [-0.3, -0.25) is 13.7 Å². The number of benzene rings is 8. The summed E-state index contributed by atoms with van der Waals surface area (Å²) in [4.78, 5) is 11.0. The maximum absolute atomic E-state index is 11.4. The van der Waals surface area contributed by atoms with Crippen LogP contribution in [-0.2, 0) is 0 Å². The molecule has 0 aliphatic carbocycles. The molecule has 0 amide bonds. The van der Waals surface area contributed by atoms with Crippen molar-refractivity contribution in [3.8, 4) is 23.7 Å². The second-order valence-electron chi connectivity index (χ2n) is 16.5. The molecule has 0 atom stereocenters. The zero-order chi connectivity index (χ0) is 43.6. The highest BCUT2D eigenvalue weighted by atomic mass is 28.3. The summed E-state index contributed by atoms with van der Waals surface area (Å²) < 4.78 is 6.40. The molecule has 6 nitrogen and oxygen atoms in total. The van der Waals surface area contributed by atoms with E-state index in [2.05, 4.69) is 214 Å². The topological polar surface area (TPSA) is 64.4 Å². The molecule has 0 N–H and O–H groups in total. The Morgan fingerprint density at radius 3 is 1.34 bits per heavy atom. The van der Waals surface area contributed by atoms with E-state index in [-0.39, 0.29) is 0 Å². The highest BCUT2D eigenvalue weighted by molar-refractivity contribution is 7.20. The van der Waals surface area contributed by atoms with E-state index in [0.717, 1.165) is 65.1 Å². The predicted octanol–water partition coefficient (Wildman–Crippen LogP) is 9.07. The fourth-order valence-electron chi connectivity index (χ4n) is 10.4. The second kappa shape index (κ2) is 15.1. The number of fused-ring (bicyclic) bond motifs is 7. The number of para-hydroxylation sites is 4. The minimum atomic E-state index is -2.86. The van der Waals surface area contributed by atoms with E-state index in [4.69, 9.17) is 9.97 Å². The lowest BCUT2D eigenvalue weighted by Gasteiger charge is -2.34. The van der Waals surface area contributed by atoms with Gasteiger partial charge in [0, 0.05) is 32.1 Å². The summed E-state index contributed by atoms with van der Waals surface area (Å²) >= 11 is 0. The van der Waals surface area contributed by atoms with E-state index in [1.54, 1.807) is 0 Å². The van der Waals surface area contributed by atoms with Crippen molar-refractivity contribution in [3.63, 3.8) is 0 Å². The van der Waals surface area contributed by atoms with Gasteiger partial charge in [-0.05, 0) is 58.0 Å². The van der Waals surface area contributed by atoms with Gasteiger partial charge in [0.2, 0.25) is 5.95 Å². The van der Waals surface area contributed by atoms with Crippen LogP contribution in [0, 0.1) is 11.3 Å². The Morgan fingerprint density at radius 2 is 0.846 bits per heavy atom. The summed E-state index contributed by atoms with van der Waals surface area (Å²) in [6.45, 7) is 6.55. The molecule has 12 rings (SSSR count). The first-order chi connectivity index (χ1) is 32.1. The van der Waals surface area contributed by atoms with Crippen LogP contribution in [0.5, 0.6) is 0 Å². The van der Waals surface area contributed by atoms with Gasteiger partial charge in [0.1, 0.15) is 11.6 Å². The quantitative estimate of drug-likeness (QED) is 0.119. The van der Waals surface area contributed by atoms with Crippen molar-refractivity contribution in [2.24, 2.45) is 0 Å². The van der Waals surface area contributed by atoms with E-state index < -0.39 is 8.07 Å². The van der Waals surface area contributed by atoms with Crippen LogP contribution in [-0.4, -0.2) is 31.7 Å². The normalized spacial score (nSPS) is 12.2. The smallest absolute Gasteiger partial charge is 0.238 e. The molecule has 12 aromatic rings. The van der Waals surface area contributed by atoms with Crippen LogP contribution in [0.4, 0.5) is 0 Å². The predicted molar refractivity (Wildman–Crippen MR) is 271 cm³/mol. The van der Waals surface area contributed by atoms with Crippen LogP contribution in [0.1, 0.15) is 12.5 Å². The number of rotatable bonds is 7. The molecule has 0 bridgehead atoms. The molecule has 0 spiro atoms. The number of hydrogen-bond donors (Lipinski definition) is 0. The van der Waals surface area contributed by atoms with Crippen LogP contribution < -0.4 is 31.3 Å². The molecule has 65 heavy (non-hydrogen) atoms. The molecule has 0 saturated heterocycles. The van der Waals surface area contributed by atoms with Crippen molar-refractivity contribution in [2.45, 2.75) is 6.92 Å². The van der Waals surface area contributed by atoms with Gasteiger partial charge in [0.15, 0.2) is 19.7 Å². The van der Waals surface area contributed by atoms with Crippen molar-refractivity contribution in [2.75, 3.05) is 0 Å². The van der Waals surface area contributed by atoms with Crippen molar-refractivity contribution in [1.82, 2.24) is 23.7 Å². The molecule has 4 heterocycles. The zero-order valence-electron chi connectivity index (χ0n) is 35.6. The van der Waals surface area contributed by atoms with Gasteiger partial charge in [-0.25, -0.2) is 0 Å². The van der Waals surface area contributed by atoms with Gasteiger partial charge in [-0.15, -0.1) is 0 Å². The fourth-order valence-corrected chi connectivity index (χ4v) is 15.2. The first-order valence-corrected chi connectivity index (χ1v) is 23.9. The first kappa shape index (κ1) is 38.1. The van der Waals surface area contributed by atoms with E-state index in [1.165, 1.54) is 20.7 Å². The minimum absolute atomic E-state index is 0.358. The Kier molecular flexibility index (Phi) is 8.83. The average Bonchev–Trinajstić information content (AvgIpc) is 3.99. The van der Waals surface area contributed by atoms with Gasteiger partial charge < -0.3 is 0 Å². The van der Waals surface area contributed by atoms with Gasteiger partial charge in [0.25, 0.3) is 0 Å². The van der Waals surface area contributed by atoms with Crippen molar-refractivity contribution >= 4 is 96.0 Å². The molecule has 0 saturated carbocycles. The maximum atomic E-state index is 11.4. The van der Waals surface area contributed by atoms with Gasteiger partial charge in [0.05, 0.1) is 32.9 Å². The number of hydrogen-bond acceptors (Lipinski definition) is 3. The summed E-state index contributed by atoms with van der Waals surface area (Å²) in [6.07, 6.45) is 2.05. The third-order valence-corrected chi connectivity index (χ3v) is 18.0. The molecule has 0 aliphatic rings. The maximum Gasteiger partial charge on any atom is 0.238 e. The molecular formula is C58H40N6Si. The molecule has 0 fully saturated rings. The Bertz CT molecular complexity index is 3840. The standard InChI is InChI=1S/C58H40N6Si/c1-3-50-39(2)44-27-13-17-31-51(44)62(50)56-49(38-59)57(63-52-32-18-14-28-45(52)46-29-15-19-33-53(46)63)61-58(60-56)64-54-34-20-16-30-47(54)48-37-43(35-36-55(48)64)65(40-21-7-4-8-22-40,41-23-9-5-10-24-41)42-25-11-6-12-26-42/h3-37H,2H2,1H3/b50-3+. The molecule has 4 aromatic heterocycles. The molecule has 0 radical (unpaired) electrons. The Balaban J connectivity index is 1.22. The van der Waals surface area contributed by atoms with Crippen molar-refractivity contribution < 1.29 is 0 Å². The first-order valence-electron chi connectivity index (χ1n) is 21.9. The largest absolute Gasteiger partial charge is 0.293 e. The number of nitrogens with zero attached hydrogens (tertiary/aromatic N) is 6. The Labute approximate surface area is 376 Å². The second-order valence-corrected chi connectivity index (χ2v) is 20.3.